The summed E-state index contributed by atoms with van der Waals surface area (Å²) in [5, 5.41) is 1.49. The fraction of sp³-hybridized carbons (Fsp3) is 0.182. The molecule has 0 bridgehead atoms. The molecule has 3 rings (SSSR count). The van der Waals surface area contributed by atoms with E-state index in [9.17, 15) is 9.59 Å². The Morgan fingerprint density at radius 3 is 2.22 bits per heavy atom. The van der Waals surface area contributed by atoms with Crippen molar-refractivity contribution >= 4 is 22.7 Å². The summed E-state index contributed by atoms with van der Waals surface area (Å²) in [5.41, 5.74) is 1.65. The molecule has 0 atom stereocenters. The molecule has 0 aliphatic heterocycles. The summed E-state index contributed by atoms with van der Waals surface area (Å²) in [7, 11) is 1.57. The van der Waals surface area contributed by atoms with Crippen LogP contribution >= 0.6 is 0 Å². The van der Waals surface area contributed by atoms with Gasteiger partial charge in [-0.3, -0.25) is 9.59 Å². The lowest BCUT2D eigenvalue weighted by molar-refractivity contribution is -0.132. The third kappa shape index (κ3) is 4.26. The first-order chi connectivity index (χ1) is 13.0. The normalized spacial score (nSPS) is 10.5. The molecular formula is C22H20O5. The predicted molar refractivity (Wildman–Crippen MR) is 102 cm³/mol. The lowest BCUT2D eigenvalue weighted by Gasteiger charge is -2.17. The minimum atomic E-state index is -0.444. The molecular weight excluding hydrogens is 344 g/mol. The molecule has 3 aromatic carbocycles. The molecule has 5 nitrogen and oxygen atoms in total. The first-order valence-corrected chi connectivity index (χ1v) is 8.52. The van der Waals surface area contributed by atoms with Crippen molar-refractivity contribution in [2.45, 2.75) is 20.3 Å². The van der Waals surface area contributed by atoms with Crippen LogP contribution in [-0.4, -0.2) is 19.0 Å². The molecule has 0 heterocycles. The number of rotatable bonds is 5. The van der Waals surface area contributed by atoms with Gasteiger partial charge in [0, 0.05) is 31.2 Å². The summed E-state index contributed by atoms with van der Waals surface area (Å²) >= 11 is 0. The van der Waals surface area contributed by atoms with Gasteiger partial charge in [0.1, 0.15) is 17.2 Å². The molecule has 0 aliphatic rings. The van der Waals surface area contributed by atoms with E-state index in [0.29, 0.717) is 29.2 Å². The Balaban J connectivity index is 2.26. The number of esters is 2. The van der Waals surface area contributed by atoms with Crippen LogP contribution in [0.3, 0.4) is 0 Å². The van der Waals surface area contributed by atoms with Crippen molar-refractivity contribution in [3.05, 3.63) is 65.7 Å². The summed E-state index contributed by atoms with van der Waals surface area (Å²) in [6.45, 7) is 2.69. The molecule has 27 heavy (non-hydrogen) atoms. The number of fused-ring (bicyclic) bond motifs is 1. The highest BCUT2D eigenvalue weighted by atomic mass is 16.5. The first-order valence-electron chi connectivity index (χ1n) is 8.52. The Kier molecular flexibility index (Phi) is 5.41. The Labute approximate surface area is 157 Å². The zero-order chi connectivity index (χ0) is 19.4. The van der Waals surface area contributed by atoms with Crippen molar-refractivity contribution in [3.8, 4) is 17.2 Å². The summed E-state index contributed by atoms with van der Waals surface area (Å²) < 4.78 is 16.3. The van der Waals surface area contributed by atoms with E-state index >= 15 is 0 Å². The maximum absolute atomic E-state index is 11.8. The molecule has 0 saturated carbocycles. The largest absolute Gasteiger partial charge is 0.497 e. The SMILES string of the molecule is COc1ccc2c(OC(C)=O)c(Cc3ccccc3)c(OC(C)=O)cc2c1. The average molecular weight is 364 g/mol. The van der Waals surface area contributed by atoms with Crippen molar-refractivity contribution in [1.29, 1.82) is 0 Å². The zero-order valence-electron chi connectivity index (χ0n) is 15.4. The fourth-order valence-corrected chi connectivity index (χ4v) is 2.97. The highest BCUT2D eigenvalue weighted by Gasteiger charge is 2.19. The molecule has 0 fully saturated rings. The van der Waals surface area contributed by atoms with Gasteiger partial charge in [0.05, 0.1) is 7.11 Å². The van der Waals surface area contributed by atoms with Gasteiger partial charge in [-0.15, -0.1) is 0 Å². The Morgan fingerprint density at radius 1 is 0.889 bits per heavy atom. The van der Waals surface area contributed by atoms with Gasteiger partial charge in [-0.1, -0.05) is 30.3 Å². The van der Waals surface area contributed by atoms with E-state index in [-0.39, 0.29) is 0 Å². The van der Waals surface area contributed by atoms with Crippen LogP contribution in [0.25, 0.3) is 10.8 Å². The van der Waals surface area contributed by atoms with E-state index in [1.807, 2.05) is 42.5 Å². The molecule has 138 valence electrons. The van der Waals surface area contributed by atoms with Crippen molar-refractivity contribution in [1.82, 2.24) is 0 Å². The molecule has 0 saturated heterocycles. The Hall–Kier alpha value is -3.34. The summed E-state index contributed by atoms with van der Waals surface area (Å²) in [6, 6.07) is 16.9. The van der Waals surface area contributed by atoms with Gasteiger partial charge in [0.25, 0.3) is 0 Å². The van der Waals surface area contributed by atoms with E-state index in [0.717, 1.165) is 16.3 Å². The van der Waals surface area contributed by atoms with Gasteiger partial charge in [-0.2, -0.15) is 0 Å². The van der Waals surface area contributed by atoms with Crippen LogP contribution in [0.1, 0.15) is 25.0 Å². The molecule has 0 aliphatic carbocycles. The number of hydrogen-bond donors (Lipinski definition) is 0. The number of benzene rings is 3. The van der Waals surface area contributed by atoms with Crippen LogP contribution in [0.15, 0.2) is 54.6 Å². The molecule has 0 amide bonds. The third-order valence-electron chi connectivity index (χ3n) is 4.08. The van der Waals surface area contributed by atoms with Crippen molar-refractivity contribution in [3.63, 3.8) is 0 Å². The highest BCUT2D eigenvalue weighted by Crippen LogP contribution is 2.40. The van der Waals surface area contributed by atoms with Crippen LogP contribution in [0.5, 0.6) is 17.2 Å². The number of carbonyl (C=O) groups is 2. The van der Waals surface area contributed by atoms with Gasteiger partial charge >= 0.3 is 11.9 Å². The lowest BCUT2D eigenvalue weighted by Crippen LogP contribution is -2.09. The minimum Gasteiger partial charge on any atom is -0.497 e. The van der Waals surface area contributed by atoms with Crippen LogP contribution in [0.4, 0.5) is 0 Å². The second kappa shape index (κ2) is 7.91. The second-order valence-electron chi connectivity index (χ2n) is 6.12. The quantitative estimate of drug-likeness (QED) is 0.499. The molecule has 5 heteroatoms. The molecule has 3 aromatic rings. The monoisotopic (exact) mass is 364 g/mol. The molecule has 0 radical (unpaired) electrons. The second-order valence-corrected chi connectivity index (χ2v) is 6.12. The summed E-state index contributed by atoms with van der Waals surface area (Å²) in [5.74, 6) is 0.522. The van der Waals surface area contributed by atoms with Crippen LogP contribution < -0.4 is 14.2 Å². The van der Waals surface area contributed by atoms with E-state index in [2.05, 4.69) is 0 Å². The zero-order valence-corrected chi connectivity index (χ0v) is 15.4. The van der Waals surface area contributed by atoms with Crippen molar-refractivity contribution < 1.29 is 23.8 Å². The predicted octanol–water partition coefficient (Wildman–Crippen LogP) is 4.29. The number of carbonyl (C=O) groups excluding carboxylic acids is 2. The minimum absolute atomic E-state index is 0.364. The van der Waals surface area contributed by atoms with Gasteiger partial charge in [-0.25, -0.2) is 0 Å². The maximum Gasteiger partial charge on any atom is 0.308 e. The molecule has 0 spiro atoms. The topological polar surface area (TPSA) is 61.8 Å². The standard InChI is InChI=1S/C22H20O5/c1-14(23)26-21-13-17-12-18(25-3)9-10-19(17)22(27-15(2)24)20(21)11-16-7-5-4-6-8-16/h4-10,12-13H,11H2,1-3H3. The van der Waals surface area contributed by atoms with Gasteiger partial charge in [0.15, 0.2) is 0 Å². The third-order valence-corrected chi connectivity index (χ3v) is 4.08. The van der Waals surface area contributed by atoms with E-state index in [1.54, 1.807) is 19.2 Å². The van der Waals surface area contributed by atoms with E-state index < -0.39 is 11.9 Å². The van der Waals surface area contributed by atoms with Gasteiger partial charge in [-0.05, 0) is 35.2 Å². The van der Waals surface area contributed by atoms with Crippen LogP contribution in [0.2, 0.25) is 0 Å². The number of methoxy groups -OCH3 is 1. The molecule has 0 aromatic heterocycles. The van der Waals surface area contributed by atoms with Gasteiger partial charge in [0.2, 0.25) is 0 Å². The summed E-state index contributed by atoms with van der Waals surface area (Å²) in [4.78, 5) is 23.4. The maximum atomic E-state index is 11.8. The van der Waals surface area contributed by atoms with E-state index in [4.69, 9.17) is 14.2 Å². The van der Waals surface area contributed by atoms with E-state index in [1.165, 1.54) is 13.8 Å². The van der Waals surface area contributed by atoms with Crippen molar-refractivity contribution in [2.24, 2.45) is 0 Å². The Bertz CT molecular complexity index is 993. The van der Waals surface area contributed by atoms with Crippen molar-refractivity contribution in [2.75, 3.05) is 7.11 Å². The highest BCUT2D eigenvalue weighted by molar-refractivity contribution is 5.95. The summed E-state index contributed by atoms with van der Waals surface area (Å²) in [6.07, 6.45) is 0.452. The van der Waals surface area contributed by atoms with Crippen LogP contribution in [0, 0.1) is 0 Å². The van der Waals surface area contributed by atoms with Gasteiger partial charge < -0.3 is 14.2 Å². The lowest BCUT2D eigenvalue weighted by atomic mass is 9.98. The molecule has 0 unspecified atom stereocenters. The molecule has 0 N–H and O–H groups in total. The average Bonchev–Trinajstić information content (AvgIpc) is 2.64. The first kappa shape index (κ1) is 18.5. The Morgan fingerprint density at radius 2 is 1.59 bits per heavy atom. The number of ether oxygens (including phenoxy) is 3. The number of hydrogen-bond acceptors (Lipinski definition) is 5. The fourth-order valence-electron chi connectivity index (χ4n) is 2.97. The smallest absolute Gasteiger partial charge is 0.308 e. The van der Waals surface area contributed by atoms with Crippen LogP contribution in [-0.2, 0) is 16.0 Å².